The molecule has 1 aliphatic carbocycles. The summed E-state index contributed by atoms with van der Waals surface area (Å²) in [6.07, 6.45) is 14.0. The van der Waals surface area contributed by atoms with E-state index in [2.05, 4.69) is 40.0 Å². The molecule has 0 spiro atoms. The molecule has 0 saturated carbocycles. The van der Waals surface area contributed by atoms with E-state index in [0.717, 1.165) is 19.6 Å². The molecule has 3 heteroatoms. The number of hydrogen-bond donors (Lipinski definition) is 0. The van der Waals surface area contributed by atoms with Crippen LogP contribution in [0.2, 0.25) is 0 Å². The van der Waals surface area contributed by atoms with Crippen LogP contribution in [0.5, 0.6) is 0 Å². The molecule has 4 atom stereocenters. The normalized spacial score (nSPS) is 34.4. The average molecular weight is 363 g/mol. The highest BCUT2D eigenvalue weighted by molar-refractivity contribution is 5.10. The van der Waals surface area contributed by atoms with Crippen LogP contribution in [-0.4, -0.2) is 50.2 Å². The summed E-state index contributed by atoms with van der Waals surface area (Å²) in [6, 6.07) is 0. The molecule has 0 radical (unpaired) electrons. The number of nitrogens with zero attached hydrogens (tertiary/aromatic N) is 1. The Morgan fingerprint density at radius 2 is 2.00 bits per heavy atom. The first-order valence-electron chi connectivity index (χ1n) is 10.9. The molecule has 2 aliphatic heterocycles. The molecule has 0 aromatic carbocycles. The lowest BCUT2D eigenvalue weighted by atomic mass is 9.79. The topological polar surface area (TPSA) is 18.5 Å². The second kappa shape index (κ2) is 9.03. The summed E-state index contributed by atoms with van der Waals surface area (Å²) in [5.74, 6) is 1.18. The molecule has 0 aromatic rings. The van der Waals surface area contributed by atoms with Gasteiger partial charge in [-0.2, -0.15) is 0 Å². The van der Waals surface area contributed by atoms with E-state index in [9.17, 15) is 0 Å². The minimum Gasteiger partial charge on any atom is -0.349 e. The van der Waals surface area contributed by atoms with Crippen LogP contribution in [0.3, 0.4) is 0 Å². The Hall–Kier alpha value is -0.640. The van der Waals surface area contributed by atoms with Gasteiger partial charge in [0.1, 0.15) is 12.6 Å². The number of allylic oxidation sites excluding steroid dienone is 4. The lowest BCUT2D eigenvalue weighted by molar-refractivity contribution is -0.916. The minimum atomic E-state index is 0.0157. The first-order chi connectivity index (χ1) is 12.5. The van der Waals surface area contributed by atoms with Gasteiger partial charge in [0.15, 0.2) is 6.29 Å². The molecule has 3 rings (SSSR count). The van der Waals surface area contributed by atoms with Crippen molar-refractivity contribution in [3.8, 4) is 0 Å². The van der Waals surface area contributed by atoms with Gasteiger partial charge in [-0.05, 0) is 64.7 Å². The molecule has 2 saturated heterocycles. The van der Waals surface area contributed by atoms with E-state index in [0.29, 0.717) is 17.9 Å². The van der Waals surface area contributed by atoms with Crippen LogP contribution in [0.15, 0.2) is 23.3 Å². The lowest BCUT2D eigenvalue weighted by Crippen LogP contribution is -2.52. The smallest absolute Gasteiger partial charge is 0.161 e. The molecule has 2 fully saturated rings. The molecular weight excluding hydrogens is 322 g/mol. The van der Waals surface area contributed by atoms with Gasteiger partial charge in [-0.1, -0.05) is 30.2 Å². The summed E-state index contributed by atoms with van der Waals surface area (Å²) in [6.45, 7) is 11.3. The predicted molar refractivity (Wildman–Crippen MR) is 108 cm³/mol. The molecule has 0 N–H and O–H groups in total. The van der Waals surface area contributed by atoms with Crippen molar-refractivity contribution in [2.24, 2.45) is 11.8 Å². The highest BCUT2D eigenvalue weighted by Crippen LogP contribution is 2.37. The van der Waals surface area contributed by atoms with Gasteiger partial charge in [-0.25, -0.2) is 0 Å². The molecule has 3 nitrogen and oxygen atoms in total. The predicted octanol–water partition coefficient (Wildman–Crippen LogP) is 5.08. The second-order valence-electron chi connectivity index (χ2n) is 9.53. The van der Waals surface area contributed by atoms with Crippen LogP contribution < -0.4 is 0 Å². The van der Waals surface area contributed by atoms with E-state index in [-0.39, 0.29) is 6.29 Å². The Kier molecular flexibility index (Phi) is 6.98. The van der Waals surface area contributed by atoms with Gasteiger partial charge in [-0.3, -0.25) is 0 Å². The fourth-order valence-corrected chi connectivity index (χ4v) is 5.05. The molecular formula is C23H40NO2+. The van der Waals surface area contributed by atoms with Gasteiger partial charge < -0.3 is 14.0 Å². The van der Waals surface area contributed by atoms with Crippen molar-refractivity contribution in [3.05, 3.63) is 23.3 Å². The number of likely N-dealkylation sites (tertiary alicyclic amines) is 1. The Balaban J connectivity index is 1.48. The quantitative estimate of drug-likeness (QED) is 0.485. The SMILES string of the molecule is CC(C)=CCCC1=CC[C@@H]([C@@H]2OC[C@@H](C[N+]3(C)CCCCC3)O2)[C@H](C)C1. The van der Waals surface area contributed by atoms with Gasteiger partial charge in [0.05, 0.1) is 26.7 Å². The maximum absolute atomic E-state index is 6.41. The number of quaternary nitrogens is 1. The van der Waals surface area contributed by atoms with Gasteiger partial charge in [0, 0.05) is 5.92 Å². The number of likely N-dealkylation sites (N-methyl/N-ethyl adjacent to an activating group) is 1. The zero-order valence-electron chi connectivity index (χ0n) is 17.5. The van der Waals surface area contributed by atoms with Gasteiger partial charge >= 0.3 is 0 Å². The standard InChI is InChI=1S/C23H40NO2/c1-18(2)9-8-10-20-11-12-22(19(3)15-20)23-25-17-21(26-23)16-24(4)13-6-5-7-14-24/h9,11,19,21-23H,5-8,10,12-17H2,1-4H3/q+1/t19-,21-,22-,23-/m1/s1. The first-order valence-corrected chi connectivity index (χ1v) is 10.9. The van der Waals surface area contributed by atoms with Crippen molar-refractivity contribution in [1.29, 1.82) is 0 Å². The Labute approximate surface area is 161 Å². The van der Waals surface area contributed by atoms with Crippen LogP contribution >= 0.6 is 0 Å². The summed E-state index contributed by atoms with van der Waals surface area (Å²) >= 11 is 0. The second-order valence-corrected chi connectivity index (χ2v) is 9.53. The van der Waals surface area contributed by atoms with E-state index < -0.39 is 0 Å². The summed E-state index contributed by atoms with van der Waals surface area (Å²) < 4.78 is 13.7. The van der Waals surface area contributed by atoms with E-state index in [1.165, 1.54) is 61.7 Å². The van der Waals surface area contributed by atoms with Crippen molar-refractivity contribution in [2.45, 2.75) is 78.1 Å². The van der Waals surface area contributed by atoms with Crippen LogP contribution in [0.1, 0.15) is 65.7 Å². The van der Waals surface area contributed by atoms with E-state index in [1.54, 1.807) is 5.57 Å². The highest BCUT2D eigenvalue weighted by atomic mass is 16.7. The minimum absolute atomic E-state index is 0.0157. The zero-order valence-corrected chi connectivity index (χ0v) is 17.5. The monoisotopic (exact) mass is 362 g/mol. The van der Waals surface area contributed by atoms with E-state index in [4.69, 9.17) is 9.47 Å². The average Bonchev–Trinajstić information content (AvgIpc) is 3.02. The van der Waals surface area contributed by atoms with E-state index >= 15 is 0 Å². The summed E-state index contributed by atoms with van der Waals surface area (Å²) in [4.78, 5) is 0. The van der Waals surface area contributed by atoms with Crippen LogP contribution in [0, 0.1) is 11.8 Å². The number of rotatable bonds is 6. The zero-order chi connectivity index (χ0) is 18.6. The van der Waals surface area contributed by atoms with Crippen molar-refractivity contribution in [2.75, 3.05) is 33.3 Å². The molecule has 3 aliphatic rings. The molecule has 26 heavy (non-hydrogen) atoms. The number of hydrogen-bond acceptors (Lipinski definition) is 2. The van der Waals surface area contributed by atoms with Crippen molar-refractivity contribution < 1.29 is 14.0 Å². The summed E-state index contributed by atoms with van der Waals surface area (Å²) in [5, 5.41) is 0. The van der Waals surface area contributed by atoms with Crippen LogP contribution in [0.4, 0.5) is 0 Å². The molecule has 0 aromatic heterocycles. The molecule has 148 valence electrons. The number of piperidine rings is 1. The lowest BCUT2D eigenvalue weighted by Gasteiger charge is -2.39. The van der Waals surface area contributed by atoms with Crippen LogP contribution in [0.25, 0.3) is 0 Å². The molecule has 0 bridgehead atoms. The van der Waals surface area contributed by atoms with Crippen molar-refractivity contribution >= 4 is 0 Å². The van der Waals surface area contributed by atoms with E-state index in [1.807, 2.05) is 0 Å². The maximum atomic E-state index is 6.41. The van der Waals surface area contributed by atoms with Crippen LogP contribution in [-0.2, 0) is 9.47 Å². The van der Waals surface area contributed by atoms with Gasteiger partial charge in [0.25, 0.3) is 0 Å². The summed E-state index contributed by atoms with van der Waals surface area (Å²) in [5.41, 5.74) is 3.06. The first kappa shape index (κ1) is 20.1. The molecule has 0 amide bonds. The Bertz CT molecular complexity index is 514. The third-order valence-corrected chi connectivity index (χ3v) is 6.67. The van der Waals surface area contributed by atoms with Gasteiger partial charge in [-0.15, -0.1) is 0 Å². The largest absolute Gasteiger partial charge is 0.349 e. The van der Waals surface area contributed by atoms with Crippen molar-refractivity contribution in [1.82, 2.24) is 0 Å². The highest BCUT2D eigenvalue weighted by Gasteiger charge is 2.40. The number of ether oxygens (including phenoxy) is 2. The molecule has 0 unspecified atom stereocenters. The Morgan fingerprint density at radius 3 is 2.69 bits per heavy atom. The fourth-order valence-electron chi connectivity index (χ4n) is 5.05. The van der Waals surface area contributed by atoms with Gasteiger partial charge in [0.2, 0.25) is 0 Å². The maximum Gasteiger partial charge on any atom is 0.161 e. The third kappa shape index (κ3) is 5.43. The fraction of sp³-hybridized carbons (Fsp3) is 0.826. The third-order valence-electron chi connectivity index (χ3n) is 6.67. The van der Waals surface area contributed by atoms with Crippen molar-refractivity contribution in [3.63, 3.8) is 0 Å². The molecule has 2 heterocycles. The Morgan fingerprint density at radius 1 is 1.23 bits per heavy atom. The summed E-state index contributed by atoms with van der Waals surface area (Å²) in [7, 11) is 2.40.